The second kappa shape index (κ2) is 12.0. The Balaban J connectivity index is 0.00000289. The molecule has 2 N–H and O–H groups in total. The third-order valence-corrected chi connectivity index (χ3v) is 5.80. The molecule has 1 aliphatic rings. The molecule has 2 aromatic heterocycles. The first-order valence-corrected chi connectivity index (χ1v) is 10.9. The van der Waals surface area contributed by atoms with Gasteiger partial charge in [-0.15, -0.1) is 24.0 Å². The number of rotatable bonds is 7. The van der Waals surface area contributed by atoms with Crippen molar-refractivity contribution in [2.75, 3.05) is 20.1 Å². The van der Waals surface area contributed by atoms with Gasteiger partial charge in [0.05, 0.1) is 0 Å². The van der Waals surface area contributed by atoms with E-state index in [2.05, 4.69) is 66.9 Å². The summed E-state index contributed by atoms with van der Waals surface area (Å²) in [5, 5.41) is 6.90. The molecular formula is C24H32IN7. The van der Waals surface area contributed by atoms with Crippen LogP contribution >= 0.6 is 24.0 Å². The summed E-state index contributed by atoms with van der Waals surface area (Å²) >= 11 is 0. The largest absolute Gasteiger partial charge is 0.355 e. The molecule has 0 aliphatic carbocycles. The third-order valence-electron chi connectivity index (χ3n) is 5.80. The highest BCUT2D eigenvalue weighted by molar-refractivity contribution is 14.0. The predicted molar refractivity (Wildman–Crippen MR) is 140 cm³/mol. The number of imidazole rings is 1. The molecule has 32 heavy (non-hydrogen) atoms. The summed E-state index contributed by atoms with van der Waals surface area (Å²) in [7, 11) is 1.81. The lowest BCUT2D eigenvalue weighted by Crippen LogP contribution is -2.44. The molecule has 0 radical (unpaired) electrons. The number of hydrogen-bond acceptors (Lipinski definition) is 4. The zero-order valence-corrected chi connectivity index (χ0v) is 21.1. The Morgan fingerprint density at radius 1 is 1.09 bits per heavy atom. The number of likely N-dealkylation sites (tertiary alicyclic amines) is 1. The minimum atomic E-state index is 0. The highest BCUT2D eigenvalue weighted by atomic mass is 127. The number of benzene rings is 1. The van der Waals surface area contributed by atoms with Crippen molar-refractivity contribution in [3.05, 3.63) is 78.0 Å². The Bertz CT molecular complexity index is 985. The van der Waals surface area contributed by atoms with Crippen molar-refractivity contribution in [1.82, 2.24) is 30.1 Å². The van der Waals surface area contributed by atoms with Gasteiger partial charge in [-0.25, -0.2) is 9.97 Å². The summed E-state index contributed by atoms with van der Waals surface area (Å²) in [6, 6.07) is 15.3. The van der Waals surface area contributed by atoms with E-state index in [-0.39, 0.29) is 24.0 Å². The monoisotopic (exact) mass is 545 g/mol. The number of aliphatic imine (C=N–C) groups is 1. The second-order valence-corrected chi connectivity index (χ2v) is 7.93. The number of aromatic nitrogens is 3. The lowest BCUT2D eigenvalue weighted by Gasteiger charge is -2.25. The highest BCUT2D eigenvalue weighted by Crippen LogP contribution is 2.19. The molecule has 1 fully saturated rings. The number of guanidine groups is 1. The number of nitrogens with zero attached hydrogens (tertiary/aromatic N) is 5. The van der Waals surface area contributed by atoms with Crippen molar-refractivity contribution < 1.29 is 0 Å². The van der Waals surface area contributed by atoms with Gasteiger partial charge in [0.15, 0.2) is 5.96 Å². The summed E-state index contributed by atoms with van der Waals surface area (Å²) in [6.07, 6.45) is 8.07. The number of aryl methyl sites for hydroxylation is 1. The van der Waals surface area contributed by atoms with Crippen LogP contribution in [-0.2, 0) is 13.1 Å². The van der Waals surface area contributed by atoms with Crippen LogP contribution in [0.2, 0.25) is 0 Å². The lowest BCUT2D eigenvalue weighted by atomic mass is 10.2. The van der Waals surface area contributed by atoms with Gasteiger partial charge in [0, 0.05) is 51.3 Å². The van der Waals surface area contributed by atoms with Crippen LogP contribution in [-0.4, -0.2) is 51.6 Å². The maximum atomic E-state index is 4.56. The van der Waals surface area contributed by atoms with Crippen molar-refractivity contribution in [2.24, 2.45) is 4.99 Å². The fraction of sp³-hybridized carbons (Fsp3) is 0.375. The molecule has 170 valence electrons. The normalized spacial score (nSPS) is 16.6. The lowest BCUT2D eigenvalue weighted by molar-refractivity contribution is 0.245. The maximum Gasteiger partial charge on any atom is 0.191 e. The van der Waals surface area contributed by atoms with E-state index in [4.69, 9.17) is 0 Å². The quantitative estimate of drug-likeness (QED) is 0.270. The van der Waals surface area contributed by atoms with E-state index in [0.717, 1.165) is 42.8 Å². The van der Waals surface area contributed by atoms with Crippen LogP contribution in [0, 0.1) is 6.92 Å². The molecule has 7 nitrogen and oxygen atoms in total. The van der Waals surface area contributed by atoms with E-state index < -0.39 is 0 Å². The Morgan fingerprint density at radius 2 is 1.94 bits per heavy atom. The van der Waals surface area contributed by atoms with Gasteiger partial charge in [-0.1, -0.05) is 36.4 Å². The minimum absolute atomic E-state index is 0. The van der Waals surface area contributed by atoms with E-state index in [1.807, 2.05) is 37.0 Å². The second-order valence-electron chi connectivity index (χ2n) is 7.93. The SMILES string of the molecule is CN=C(NCc1ccc(-n2ccnc2C)nc1)NCC1CCCN1Cc1ccccc1.I. The van der Waals surface area contributed by atoms with Gasteiger partial charge >= 0.3 is 0 Å². The maximum absolute atomic E-state index is 4.56. The molecule has 3 aromatic rings. The van der Waals surface area contributed by atoms with Crippen molar-refractivity contribution in [2.45, 2.75) is 38.9 Å². The zero-order chi connectivity index (χ0) is 21.5. The smallest absolute Gasteiger partial charge is 0.191 e. The van der Waals surface area contributed by atoms with Crippen LogP contribution in [0.4, 0.5) is 0 Å². The number of nitrogens with one attached hydrogen (secondary N) is 2. The third kappa shape index (κ3) is 6.29. The fourth-order valence-corrected chi connectivity index (χ4v) is 4.06. The highest BCUT2D eigenvalue weighted by Gasteiger charge is 2.24. The van der Waals surface area contributed by atoms with Crippen LogP contribution in [0.15, 0.2) is 66.0 Å². The van der Waals surface area contributed by atoms with E-state index in [1.165, 1.54) is 18.4 Å². The molecule has 0 bridgehead atoms. The zero-order valence-electron chi connectivity index (χ0n) is 18.7. The Kier molecular flexibility index (Phi) is 9.04. The Hall–Kier alpha value is -2.46. The Labute approximate surface area is 207 Å². The van der Waals surface area contributed by atoms with E-state index in [1.54, 1.807) is 6.20 Å². The Morgan fingerprint density at radius 3 is 2.62 bits per heavy atom. The van der Waals surface area contributed by atoms with E-state index in [0.29, 0.717) is 12.6 Å². The van der Waals surface area contributed by atoms with Crippen molar-refractivity contribution in [3.8, 4) is 5.82 Å². The topological polar surface area (TPSA) is 70.4 Å². The average Bonchev–Trinajstić information content (AvgIpc) is 3.43. The fourth-order valence-electron chi connectivity index (χ4n) is 4.06. The molecule has 1 saturated heterocycles. The predicted octanol–water partition coefficient (Wildman–Crippen LogP) is 3.52. The van der Waals surface area contributed by atoms with Gasteiger partial charge in [-0.3, -0.25) is 14.5 Å². The summed E-state index contributed by atoms with van der Waals surface area (Å²) in [4.78, 5) is 15.8. The molecule has 0 amide bonds. The molecule has 3 heterocycles. The first-order valence-electron chi connectivity index (χ1n) is 10.9. The summed E-state index contributed by atoms with van der Waals surface area (Å²) in [5.74, 6) is 2.62. The van der Waals surface area contributed by atoms with Crippen molar-refractivity contribution in [1.29, 1.82) is 0 Å². The molecule has 1 unspecified atom stereocenters. The molecular weight excluding hydrogens is 513 g/mol. The molecule has 0 spiro atoms. The standard InChI is InChI=1S/C24H31N7.HI/c1-19-26-12-14-31(19)23-11-10-21(15-27-23)16-28-24(25-2)29-17-22-9-6-13-30(22)18-20-7-4-3-5-8-20;/h3-5,7-8,10-12,14-15,22H,6,9,13,16-18H2,1-2H3,(H2,25,28,29);1H. The molecule has 1 atom stereocenters. The van der Waals surface area contributed by atoms with Gasteiger partial charge < -0.3 is 10.6 Å². The van der Waals surface area contributed by atoms with Crippen LogP contribution in [0.1, 0.15) is 29.8 Å². The van der Waals surface area contributed by atoms with Gasteiger partial charge in [0.2, 0.25) is 0 Å². The van der Waals surface area contributed by atoms with Gasteiger partial charge in [-0.05, 0) is 43.5 Å². The number of pyridine rings is 1. The number of halogens is 1. The summed E-state index contributed by atoms with van der Waals surface area (Å²) < 4.78 is 1.97. The van der Waals surface area contributed by atoms with E-state index >= 15 is 0 Å². The van der Waals surface area contributed by atoms with Crippen molar-refractivity contribution >= 4 is 29.9 Å². The van der Waals surface area contributed by atoms with E-state index in [9.17, 15) is 0 Å². The first-order chi connectivity index (χ1) is 15.2. The minimum Gasteiger partial charge on any atom is -0.355 e. The first kappa shape index (κ1) is 24.2. The van der Waals surface area contributed by atoms with Crippen molar-refractivity contribution in [3.63, 3.8) is 0 Å². The average molecular weight is 545 g/mol. The molecule has 1 aromatic carbocycles. The molecule has 0 saturated carbocycles. The molecule has 1 aliphatic heterocycles. The molecule has 4 rings (SSSR count). The van der Waals surface area contributed by atoms with Crippen LogP contribution in [0.25, 0.3) is 5.82 Å². The van der Waals surface area contributed by atoms with Crippen LogP contribution in [0.3, 0.4) is 0 Å². The van der Waals surface area contributed by atoms with Gasteiger partial charge in [-0.2, -0.15) is 0 Å². The van der Waals surface area contributed by atoms with Crippen LogP contribution in [0.5, 0.6) is 0 Å². The summed E-state index contributed by atoms with van der Waals surface area (Å²) in [6.45, 7) is 5.70. The number of hydrogen-bond donors (Lipinski definition) is 2. The summed E-state index contributed by atoms with van der Waals surface area (Å²) in [5.41, 5.74) is 2.48. The molecule has 8 heteroatoms. The van der Waals surface area contributed by atoms with Gasteiger partial charge in [0.25, 0.3) is 0 Å². The van der Waals surface area contributed by atoms with Crippen LogP contribution < -0.4 is 10.6 Å². The van der Waals surface area contributed by atoms with Gasteiger partial charge in [0.1, 0.15) is 11.6 Å².